The number of likely N-dealkylation sites (N-methyl/N-ethyl adjacent to an activating group) is 1. The number of fused-ring (bicyclic) bond motifs is 1. The molecule has 5 rings (SSSR count). The third-order valence-corrected chi connectivity index (χ3v) is 7.46. The van der Waals surface area contributed by atoms with E-state index in [-0.39, 0.29) is 5.82 Å². The van der Waals surface area contributed by atoms with Gasteiger partial charge >= 0.3 is 0 Å². The highest BCUT2D eigenvalue weighted by atomic mass is 19.1. The third-order valence-electron chi connectivity index (χ3n) is 7.46. The van der Waals surface area contributed by atoms with E-state index < -0.39 is 0 Å². The van der Waals surface area contributed by atoms with Crippen LogP contribution in [0.4, 0.5) is 10.1 Å². The first-order chi connectivity index (χ1) is 17.0. The molecule has 0 N–H and O–H groups in total. The first-order valence-corrected chi connectivity index (χ1v) is 12.8. The fourth-order valence-electron chi connectivity index (χ4n) is 5.25. The van der Waals surface area contributed by atoms with E-state index in [0.29, 0.717) is 12.5 Å². The Labute approximate surface area is 207 Å². The Bertz CT molecular complexity index is 1140. The highest BCUT2D eigenvalue weighted by Crippen LogP contribution is 2.27. The van der Waals surface area contributed by atoms with Crippen molar-refractivity contribution in [1.82, 2.24) is 19.8 Å². The molecule has 2 aliphatic heterocycles. The van der Waals surface area contributed by atoms with Crippen LogP contribution in [0.1, 0.15) is 24.2 Å². The minimum Gasteiger partial charge on any atom is -0.491 e. The van der Waals surface area contributed by atoms with Crippen LogP contribution in [0.3, 0.4) is 0 Å². The van der Waals surface area contributed by atoms with E-state index in [1.54, 1.807) is 6.07 Å². The van der Waals surface area contributed by atoms with Crippen molar-refractivity contribution >= 4 is 16.6 Å². The van der Waals surface area contributed by atoms with Crippen molar-refractivity contribution in [2.24, 2.45) is 5.92 Å². The normalized spacial score (nSPS) is 18.3. The summed E-state index contributed by atoms with van der Waals surface area (Å²) in [4.78, 5) is 15.8. The molecule has 3 heterocycles. The maximum absolute atomic E-state index is 14.5. The van der Waals surface area contributed by atoms with Crippen LogP contribution in [-0.2, 0) is 6.42 Å². The summed E-state index contributed by atoms with van der Waals surface area (Å²) in [6.45, 7) is 9.39. The molecule has 2 aliphatic rings. The molecule has 0 aliphatic carbocycles. The number of hydrogen-bond donors (Lipinski definition) is 0. The average molecular weight is 478 g/mol. The number of aryl methyl sites for hydroxylation is 1. The molecule has 2 saturated heterocycles. The van der Waals surface area contributed by atoms with E-state index in [1.165, 1.54) is 18.4 Å². The van der Waals surface area contributed by atoms with Crippen molar-refractivity contribution in [3.63, 3.8) is 0 Å². The van der Waals surface area contributed by atoms with Crippen molar-refractivity contribution in [3.8, 4) is 5.75 Å². The molecule has 1 aromatic heterocycles. The molecular formula is C28H36FN5O. The van der Waals surface area contributed by atoms with Gasteiger partial charge in [0.2, 0.25) is 0 Å². The molecule has 0 radical (unpaired) electrons. The Hall–Kier alpha value is -2.77. The maximum atomic E-state index is 14.5. The number of rotatable bonds is 7. The molecule has 186 valence electrons. The van der Waals surface area contributed by atoms with Crippen LogP contribution in [0.15, 0.2) is 42.6 Å². The zero-order valence-electron chi connectivity index (χ0n) is 20.9. The Kier molecular flexibility index (Phi) is 7.44. The van der Waals surface area contributed by atoms with Gasteiger partial charge in [-0.05, 0) is 82.1 Å². The Morgan fingerprint density at radius 2 is 1.83 bits per heavy atom. The Morgan fingerprint density at radius 1 is 1.03 bits per heavy atom. The lowest BCUT2D eigenvalue weighted by atomic mass is 9.90. The largest absolute Gasteiger partial charge is 0.491 e. The number of piperidine rings is 1. The molecule has 3 aromatic rings. The number of aromatic nitrogens is 2. The van der Waals surface area contributed by atoms with Crippen LogP contribution in [0.25, 0.3) is 10.9 Å². The van der Waals surface area contributed by atoms with Crippen molar-refractivity contribution < 1.29 is 9.13 Å². The summed E-state index contributed by atoms with van der Waals surface area (Å²) < 4.78 is 20.7. The maximum Gasteiger partial charge on any atom is 0.146 e. The van der Waals surface area contributed by atoms with Gasteiger partial charge in [0, 0.05) is 38.9 Å². The number of halogens is 1. The molecular weight excluding hydrogens is 441 g/mol. The molecule has 35 heavy (non-hydrogen) atoms. The molecule has 2 fully saturated rings. The van der Waals surface area contributed by atoms with Gasteiger partial charge in [0.1, 0.15) is 24.0 Å². The smallest absolute Gasteiger partial charge is 0.146 e. The summed E-state index contributed by atoms with van der Waals surface area (Å²) >= 11 is 0. The highest BCUT2D eigenvalue weighted by Gasteiger charge is 2.22. The van der Waals surface area contributed by atoms with Gasteiger partial charge < -0.3 is 14.5 Å². The molecule has 0 atom stereocenters. The van der Waals surface area contributed by atoms with Crippen LogP contribution in [0, 0.1) is 18.7 Å². The van der Waals surface area contributed by atoms with E-state index in [4.69, 9.17) is 4.74 Å². The summed E-state index contributed by atoms with van der Waals surface area (Å²) in [5.74, 6) is 2.18. The van der Waals surface area contributed by atoms with Gasteiger partial charge in [0.05, 0.1) is 16.6 Å². The van der Waals surface area contributed by atoms with Crippen LogP contribution in [-0.4, -0.2) is 79.2 Å². The van der Waals surface area contributed by atoms with Crippen molar-refractivity contribution in [2.45, 2.75) is 26.2 Å². The van der Waals surface area contributed by atoms with Gasteiger partial charge in [-0.15, -0.1) is 0 Å². The molecule has 0 bridgehead atoms. The molecule has 0 saturated carbocycles. The van der Waals surface area contributed by atoms with E-state index in [1.807, 2.05) is 37.4 Å². The fraction of sp³-hybridized carbons (Fsp3) is 0.500. The predicted molar refractivity (Wildman–Crippen MR) is 139 cm³/mol. The van der Waals surface area contributed by atoms with Crippen molar-refractivity contribution in [1.29, 1.82) is 0 Å². The molecule has 6 nitrogen and oxygen atoms in total. The van der Waals surface area contributed by atoms with Gasteiger partial charge in [-0.25, -0.2) is 14.4 Å². The number of likely N-dealkylation sites (tertiary alicyclic amines) is 1. The Morgan fingerprint density at radius 3 is 2.63 bits per heavy atom. The summed E-state index contributed by atoms with van der Waals surface area (Å²) in [6, 6.07) is 11.7. The van der Waals surface area contributed by atoms with E-state index in [2.05, 4.69) is 37.8 Å². The van der Waals surface area contributed by atoms with Gasteiger partial charge in [0.25, 0.3) is 0 Å². The highest BCUT2D eigenvalue weighted by molar-refractivity contribution is 5.84. The van der Waals surface area contributed by atoms with Crippen molar-refractivity contribution in [3.05, 3.63) is 59.8 Å². The topological polar surface area (TPSA) is 44.7 Å². The molecule has 2 aromatic carbocycles. The predicted octanol–water partition coefficient (Wildman–Crippen LogP) is 4.16. The van der Waals surface area contributed by atoms with Crippen LogP contribution in [0.5, 0.6) is 5.75 Å². The van der Waals surface area contributed by atoms with Gasteiger partial charge in [-0.2, -0.15) is 0 Å². The minimum absolute atomic E-state index is 0.0963. The number of benzene rings is 2. The van der Waals surface area contributed by atoms with Crippen molar-refractivity contribution in [2.75, 3.05) is 64.4 Å². The quantitative estimate of drug-likeness (QED) is 0.509. The number of ether oxygens (including phenoxy) is 1. The number of anilines is 1. The van der Waals surface area contributed by atoms with Gasteiger partial charge in [0.15, 0.2) is 0 Å². The molecule has 7 heteroatoms. The standard InChI is InChI=1S/C28H36FN5O/c1-21-30-20-24-26(31-21)4-3-5-28(24)35-17-16-33-10-8-22(9-11-33)18-23-6-7-25(29)27(19-23)34-14-12-32(2)13-15-34/h3-7,19-20,22H,8-18H2,1-2H3. The number of hydrogen-bond acceptors (Lipinski definition) is 6. The van der Waals surface area contributed by atoms with E-state index in [0.717, 1.165) is 80.4 Å². The summed E-state index contributed by atoms with van der Waals surface area (Å²) in [5, 5.41) is 0.965. The molecule has 0 unspecified atom stereocenters. The second kappa shape index (κ2) is 10.9. The monoisotopic (exact) mass is 477 g/mol. The lowest BCUT2D eigenvalue weighted by Crippen LogP contribution is -2.44. The zero-order chi connectivity index (χ0) is 24.2. The number of piperazine rings is 1. The summed E-state index contributed by atoms with van der Waals surface area (Å²) in [6.07, 6.45) is 5.22. The second-order valence-corrected chi connectivity index (χ2v) is 10.0. The van der Waals surface area contributed by atoms with E-state index >= 15 is 0 Å². The Balaban J connectivity index is 1.10. The first kappa shape index (κ1) is 23.9. The third kappa shape index (κ3) is 5.90. The SMILES string of the molecule is Cc1ncc2c(OCCN3CCC(Cc4ccc(F)c(N5CCN(C)CC5)c4)CC3)cccc2n1. The fourth-order valence-corrected chi connectivity index (χ4v) is 5.25. The summed E-state index contributed by atoms with van der Waals surface area (Å²) in [7, 11) is 2.13. The summed E-state index contributed by atoms with van der Waals surface area (Å²) in [5.41, 5.74) is 2.96. The van der Waals surface area contributed by atoms with Crippen LogP contribution >= 0.6 is 0 Å². The van der Waals surface area contributed by atoms with Gasteiger partial charge in [-0.3, -0.25) is 4.90 Å². The second-order valence-electron chi connectivity index (χ2n) is 10.0. The minimum atomic E-state index is -0.0963. The number of nitrogens with zero attached hydrogens (tertiary/aromatic N) is 5. The molecule has 0 spiro atoms. The molecule has 0 amide bonds. The lowest BCUT2D eigenvalue weighted by molar-refractivity contribution is 0.155. The van der Waals surface area contributed by atoms with Gasteiger partial charge in [-0.1, -0.05) is 12.1 Å². The first-order valence-electron chi connectivity index (χ1n) is 12.8. The zero-order valence-corrected chi connectivity index (χ0v) is 20.9. The van der Waals surface area contributed by atoms with E-state index in [9.17, 15) is 4.39 Å². The van der Waals surface area contributed by atoms with Crippen LogP contribution < -0.4 is 9.64 Å². The average Bonchev–Trinajstić information content (AvgIpc) is 2.87. The van der Waals surface area contributed by atoms with Crippen LogP contribution in [0.2, 0.25) is 0 Å². The lowest BCUT2D eigenvalue weighted by Gasteiger charge is -2.35.